The molecule has 0 bridgehead atoms. The first-order chi connectivity index (χ1) is 18.2. The zero-order valence-corrected chi connectivity index (χ0v) is 23.2. The van der Waals surface area contributed by atoms with Gasteiger partial charge in [-0.15, -0.1) is 11.8 Å². The second-order valence-corrected chi connectivity index (χ2v) is 13.1. The summed E-state index contributed by atoms with van der Waals surface area (Å²) in [5, 5.41) is 11.6. The molecule has 2 aromatic carbocycles. The number of hydrogen-bond donors (Lipinski definition) is 4. The normalized spacial score (nSPS) is 22.3. The summed E-state index contributed by atoms with van der Waals surface area (Å²) in [5.74, 6) is -3.43. The van der Waals surface area contributed by atoms with Gasteiger partial charge < -0.3 is 20.2 Å². The Morgan fingerprint density at radius 3 is 2.23 bits per heavy atom. The molecule has 3 amide bonds. The van der Waals surface area contributed by atoms with Crippen molar-refractivity contribution in [2.24, 2.45) is 0 Å². The van der Waals surface area contributed by atoms with Crippen LogP contribution in [0.4, 0.5) is 5.69 Å². The Labute approximate surface area is 230 Å². The third kappa shape index (κ3) is 5.72. The van der Waals surface area contributed by atoms with E-state index < -0.39 is 62.1 Å². The molecular formula is C25H29N5O7S2. The highest BCUT2D eigenvalue weighted by Gasteiger charge is 2.64. The molecule has 39 heavy (non-hydrogen) atoms. The number of amides is 3. The maximum atomic E-state index is 13.3. The van der Waals surface area contributed by atoms with Gasteiger partial charge in [-0.2, -0.15) is 13.1 Å². The summed E-state index contributed by atoms with van der Waals surface area (Å²) < 4.78 is 29.2. The molecule has 4 N–H and O–H groups in total. The molecular weight excluding hydrogens is 546 g/mol. The van der Waals surface area contributed by atoms with Crippen molar-refractivity contribution in [3.8, 4) is 0 Å². The van der Waals surface area contributed by atoms with Gasteiger partial charge in [0, 0.05) is 30.1 Å². The van der Waals surface area contributed by atoms with Gasteiger partial charge in [0.15, 0.2) is 0 Å². The van der Waals surface area contributed by atoms with Crippen molar-refractivity contribution in [1.29, 1.82) is 0 Å². The van der Waals surface area contributed by atoms with Gasteiger partial charge in [0.1, 0.15) is 23.5 Å². The minimum absolute atomic E-state index is 0.0979. The van der Waals surface area contributed by atoms with Crippen LogP contribution in [0.3, 0.4) is 0 Å². The van der Waals surface area contributed by atoms with Crippen LogP contribution in [0.2, 0.25) is 0 Å². The molecule has 0 saturated carbocycles. The highest BCUT2D eigenvalue weighted by Crippen LogP contribution is 2.50. The first-order valence-corrected chi connectivity index (χ1v) is 14.3. The molecule has 12 nitrogen and oxygen atoms in total. The summed E-state index contributed by atoms with van der Waals surface area (Å²) in [7, 11) is -0.895. The maximum absolute atomic E-state index is 13.3. The maximum Gasteiger partial charge on any atom is 0.327 e. The fraction of sp³-hybridized carbons (Fsp3) is 0.360. The summed E-state index contributed by atoms with van der Waals surface area (Å²) in [5.41, 5.74) is 1.19. The monoisotopic (exact) mass is 575 g/mol. The molecule has 2 saturated heterocycles. The van der Waals surface area contributed by atoms with Crippen molar-refractivity contribution in [2.75, 3.05) is 19.0 Å². The van der Waals surface area contributed by atoms with E-state index in [1.165, 1.54) is 40.9 Å². The van der Waals surface area contributed by atoms with Crippen molar-refractivity contribution in [2.45, 2.75) is 42.1 Å². The molecule has 4 atom stereocenters. The molecule has 2 heterocycles. The van der Waals surface area contributed by atoms with Gasteiger partial charge in [0.2, 0.25) is 11.8 Å². The fourth-order valence-corrected chi connectivity index (χ4v) is 7.18. The Kier molecular flexibility index (Phi) is 7.65. The van der Waals surface area contributed by atoms with E-state index in [9.17, 15) is 32.7 Å². The van der Waals surface area contributed by atoms with Crippen molar-refractivity contribution in [3.05, 3.63) is 65.7 Å². The van der Waals surface area contributed by atoms with Crippen molar-refractivity contribution in [1.82, 2.24) is 19.7 Å². The second kappa shape index (κ2) is 10.5. The number of carboxylic acids is 1. The zero-order chi connectivity index (χ0) is 28.7. The van der Waals surface area contributed by atoms with E-state index in [2.05, 4.69) is 10.0 Å². The van der Waals surface area contributed by atoms with Crippen LogP contribution in [0.15, 0.2) is 54.6 Å². The number of rotatable bonds is 9. The fourth-order valence-electron chi connectivity index (χ4n) is 4.58. The number of benzene rings is 2. The number of carbonyl (C=O) groups excluding carboxylic acids is 3. The van der Waals surface area contributed by atoms with E-state index >= 15 is 0 Å². The van der Waals surface area contributed by atoms with Gasteiger partial charge in [0.25, 0.3) is 5.91 Å². The minimum atomic E-state index is -4.54. The number of β-lactam (4-membered cyclic amide) rings is 1. The highest BCUT2D eigenvalue weighted by molar-refractivity contribution is 8.01. The molecule has 4 rings (SSSR count). The number of fused-ring (bicyclic) bond motifs is 1. The van der Waals surface area contributed by atoms with Crippen LogP contribution in [0, 0.1) is 0 Å². The van der Waals surface area contributed by atoms with Crippen LogP contribution >= 0.6 is 11.8 Å². The predicted octanol–water partition coefficient (Wildman–Crippen LogP) is 0.690. The topological polar surface area (TPSA) is 165 Å². The van der Waals surface area contributed by atoms with Crippen LogP contribution in [-0.2, 0) is 24.6 Å². The van der Waals surface area contributed by atoms with Gasteiger partial charge in [0.05, 0.1) is 0 Å². The van der Waals surface area contributed by atoms with Crippen LogP contribution in [0.25, 0.3) is 0 Å². The number of aliphatic carboxylic acids is 1. The Bertz CT molecular complexity index is 1400. The molecule has 2 aromatic rings. The molecule has 0 aromatic heterocycles. The van der Waals surface area contributed by atoms with Crippen molar-refractivity contribution >= 4 is 51.3 Å². The standard InChI is InChI=1S/C25H29N5O7S2/c1-25(2)19(24(34)35)30-22(33)18(23(30)38-25)26-21(32)17(14-8-6-5-7-9-14)27-39(36,37)28-20(31)15-10-12-16(13-11-15)29(3)4/h5-13,17-19,23,27H,1-4H3,(H,26,32)(H,28,31)(H,34,35)/t17?,18-,19+,23-/m1/s1. The summed E-state index contributed by atoms with van der Waals surface area (Å²) >= 11 is 1.25. The Hall–Kier alpha value is -3.62. The van der Waals surface area contributed by atoms with Gasteiger partial charge in [-0.25, -0.2) is 9.52 Å². The number of carboxylic acid groups (broad SMARTS) is 1. The first-order valence-electron chi connectivity index (χ1n) is 11.9. The van der Waals surface area contributed by atoms with Gasteiger partial charge in [-0.3, -0.25) is 14.4 Å². The summed E-state index contributed by atoms with van der Waals surface area (Å²) in [6, 6.07) is 10.6. The number of nitrogens with one attached hydrogen (secondary N) is 3. The van der Waals surface area contributed by atoms with E-state index in [4.69, 9.17) is 0 Å². The van der Waals surface area contributed by atoms with Gasteiger partial charge >= 0.3 is 16.2 Å². The smallest absolute Gasteiger partial charge is 0.327 e. The average molecular weight is 576 g/mol. The molecule has 1 unspecified atom stereocenters. The lowest BCUT2D eigenvalue weighted by molar-refractivity contribution is -0.161. The number of thioether (sulfide) groups is 1. The molecule has 0 radical (unpaired) electrons. The lowest BCUT2D eigenvalue weighted by Gasteiger charge is -2.44. The van der Waals surface area contributed by atoms with Crippen LogP contribution in [0.1, 0.15) is 35.8 Å². The van der Waals surface area contributed by atoms with E-state index in [-0.39, 0.29) is 11.1 Å². The van der Waals surface area contributed by atoms with Gasteiger partial charge in [-0.05, 0) is 43.7 Å². The van der Waals surface area contributed by atoms with Crippen molar-refractivity contribution in [3.63, 3.8) is 0 Å². The molecule has 208 valence electrons. The van der Waals surface area contributed by atoms with E-state index in [1.54, 1.807) is 44.2 Å². The molecule has 2 aliphatic heterocycles. The third-order valence-electron chi connectivity index (χ3n) is 6.51. The molecule has 2 aliphatic rings. The largest absolute Gasteiger partial charge is 0.480 e. The lowest BCUT2D eigenvalue weighted by Crippen LogP contribution is -2.71. The number of anilines is 1. The first kappa shape index (κ1) is 28.4. The SMILES string of the molecule is CN(C)c1ccc(C(=O)NS(=O)(=O)NC(C(=O)N[C@@H]2C(=O)N3[C@@H]2SC(C)(C)[C@@H]3C(=O)O)c2ccccc2)cc1. The van der Waals surface area contributed by atoms with E-state index in [1.807, 2.05) is 23.7 Å². The molecule has 0 spiro atoms. The Balaban J connectivity index is 1.50. The van der Waals surface area contributed by atoms with Gasteiger partial charge in [-0.1, -0.05) is 30.3 Å². The Morgan fingerprint density at radius 2 is 1.67 bits per heavy atom. The predicted molar refractivity (Wildman–Crippen MR) is 145 cm³/mol. The number of carbonyl (C=O) groups is 4. The average Bonchev–Trinajstić information content (AvgIpc) is 3.13. The van der Waals surface area contributed by atoms with E-state index in [0.29, 0.717) is 0 Å². The summed E-state index contributed by atoms with van der Waals surface area (Å²) in [6.45, 7) is 3.41. The van der Waals surface area contributed by atoms with Crippen LogP contribution < -0.4 is 19.7 Å². The second-order valence-electron chi connectivity index (χ2n) is 9.92. The highest BCUT2D eigenvalue weighted by atomic mass is 32.2. The molecule has 14 heteroatoms. The number of hydrogen-bond acceptors (Lipinski definition) is 8. The van der Waals surface area contributed by atoms with Crippen LogP contribution in [-0.4, -0.2) is 78.4 Å². The van der Waals surface area contributed by atoms with Crippen LogP contribution in [0.5, 0.6) is 0 Å². The third-order valence-corrected chi connectivity index (χ3v) is 9.09. The lowest BCUT2D eigenvalue weighted by atomic mass is 9.95. The summed E-state index contributed by atoms with van der Waals surface area (Å²) in [4.78, 5) is 53.6. The number of nitrogens with zero attached hydrogens (tertiary/aromatic N) is 2. The van der Waals surface area contributed by atoms with E-state index in [0.717, 1.165) is 5.69 Å². The molecule has 2 fully saturated rings. The quantitative estimate of drug-likeness (QED) is 0.315. The molecule has 0 aliphatic carbocycles. The Morgan fingerprint density at radius 1 is 1.05 bits per heavy atom. The summed E-state index contributed by atoms with van der Waals surface area (Å²) in [6.07, 6.45) is 0. The zero-order valence-electron chi connectivity index (χ0n) is 21.6. The van der Waals surface area contributed by atoms with Crippen molar-refractivity contribution < 1.29 is 32.7 Å². The minimum Gasteiger partial charge on any atom is -0.480 e.